The quantitative estimate of drug-likeness (QED) is 0.842. The molecule has 0 atom stereocenters. The molecule has 1 fully saturated rings. The fraction of sp³-hybridized carbons (Fsp3) is 0.533. The number of thiocarbonyl (C=S) groups is 1. The van der Waals surface area contributed by atoms with Crippen molar-refractivity contribution in [3.05, 3.63) is 30.1 Å². The number of nitrogens with zero attached hydrogens (tertiary/aromatic N) is 2. The van der Waals surface area contributed by atoms with E-state index in [1.807, 2.05) is 25.2 Å². The molecule has 0 unspecified atom stereocenters. The molecule has 20 heavy (non-hydrogen) atoms. The van der Waals surface area contributed by atoms with Crippen LogP contribution in [0.5, 0.6) is 0 Å². The Morgan fingerprint density at radius 2 is 2.15 bits per heavy atom. The highest BCUT2D eigenvalue weighted by molar-refractivity contribution is 7.80. The Morgan fingerprint density at radius 3 is 2.70 bits per heavy atom. The summed E-state index contributed by atoms with van der Waals surface area (Å²) in [6.07, 6.45) is 6.14. The average Bonchev–Trinajstić information content (AvgIpc) is 2.96. The summed E-state index contributed by atoms with van der Waals surface area (Å²) in [6, 6.07) is 5.81. The number of carbonyl (C=O) groups excluding carboxylic acids is 1. The molecule has 0 spiro atoms. The van der Waals surface area contributed by atoms with Gasteiger partial charge in [-0.1, -0.05) is 31.1 Å². The molecule has 0 bridgehead atoms. The molecule has 0 aliphatic heterocycles. The number of rotatable bonds is 5. The van der Waals surface area contributed by atoms with Gasteiger partial charge in [0.15, 0.2) is 0 Å². The largest absolute Gasteiger partial charge is 0.392 e. The molecule has 0 saturated heterocycles. The van der Waals surface area contributed by atoms with Crippen LogP contribution in [0.4, 0.5) is 0 Å². The molecule has 1 aromatic rings. The summed E-state index contributed by atoms with van der Waals surface area (Å²) in [7, 11) is 1.82. The first-order chi connectivity index (χ1) is 9.56. The minimum atomic E-state index is -0.603. The zero-order valence-electron chi connectivity index (χ0n) is 11.8. The summed E-state index contributed by atoms with van der Waals surface area (Å²) in [6.45, 7) is 0.639. The van der Waals surface area contributed by atoms with Crippen LogP contribution in [0.1, 0.15) is 31.4 Å². The first kappa shape index (κ1) is 14.9. The van der Waals surface area contributed by atoms with E-state index in [2.05, 4.69) is 4.98 Å². The van der Waals surface area contributed by atoms with Crippen LogP contribution in [-0.4, -0.2) is 34.4 Å². The number of carbonyl (C=O) groups is 1. The third-order valence-corrected chi connectivity index (χ3v) is 4.51. The molecular formula is C15H21N3OS. The van der Waals surface area contributed by atoms with Crippen molar-refractivity contribution in [3.8, 4) is 0 Å². The van der Waals surface area contributed by atoms with Gasteiger partial charge in [0.2, 0.25) is 5.91 Å². The molecule has 2 rings (SSSR count). The zero-order chi connectivity index (χ0) is 14.6. The highest BCUT2D eigenvalue weighted by Crippen LogP contribution is 2.39. The standard InChI is InChI=1S/C15H21N3OS/c1-18(11-7-12-6-2-5-10-17-12)14(19)15(13(16)20)8-3-4-9-15/h2,5-6,10H,3-4,7-9,11H2,1H3,(H2,16,20). The van der Waals surface area contributed by atoms with Gasteiger partial charge in [0.25, 0.3) is 0 Å². The number of hydrogen-bond donors (Lipinski definition) is 1. The van der Waals surface area contributed by atoms with Crippen molar-refractivity contribution in [2.45, 2.75) is 32.1 Å². The van der Waals surface area contributed by atoms with Gasteiger partial charge in [-0.15, -0.1) is 0 Å². The van der Waals surface area contributed by atoms with Crippen LogP contribution in [0.2, 0.25) is 0 Å². The van der Waals surface area contributed by atoms with E-state index in [4.69, 9.17) is 18.0 Å². The Labute approximate surface area is 125 Å². The Bertz CT molecular complexity index is 483. The van der Waals surface area contributed by atoms with Gasteiger partial charge in [-0.3, -0.25) is 9.78 Å². The van der Waals surface area contributed by atoms with Crippen LogP contribution in [0, 0.1) is 5.41 Å². The summed E-state index contributed by atoms with van der Waals surface area (Å²) >= 11 is 5.16. The molecule has 4 nitrogen and oxygen atoms in total. The fourth-order valence-electron chi connectivity index (χ4n) is 2.84. The minimum Gasteiger partial charge on any atom is -0.392 e. The van der Waals surface area contributed by atoms with Gasteiger partial charge in [-0.25, -0.2) is 0 Å². The van der Waals surface area contributed by atoms with Crippen LogP contribution in [0.25, 0.3) is 0 Å². The van der Waals surface area contributed by atoms with E-state index in [1.54, 1.807) is 11.1 Å². The molecule has 0 radical (unpaired) electrons. The molecule has 1 aliphatic carbocycles. The highest BCUT2D eigenvalue weighted by Gasteiger charge is 2.45. The van der Waals surface area contributed by atoms with Crippen molar-refractivity contribution >= 4 is 23.1 Å². The predicted octanol–water partition coefficient (Wildman–Crippen LogP) is 1.93. The smallest absolute Gasteiger partial charge is 0.235 e. The molecule has 5 heteroatoms. The maximum absolute atomic E-state index is 12.7. The second-order valence-corrected chi connectivity index (χ2v) is 5.89. The summed E-state index contributed by atoms with van der Waals surface area (Å²) < 4.78 is 0. The number of aromatic nitrogens is 1. The normalized spacial score (nSPS) is 16.9. The van der Waals surface area contributed by atoms with E-state index in [-0.39, 0.29) is 5.91 Å². The van der Waals surface area contributed by atoms with Crippen molar-refractivity contribution in [1.29, 1.82) is 0 Å². The number of likely N-dealkylation sites (N-methyl/N-ethyl adjacent to an activating group) is 1. The Kier molecular flexibility index (Phi) is 4.70. The molecule has 108 valence electrons. The van der Waals surface area contributed by atoms with E-state index in [9.17, 15) is 4.79 Å². The first-order valence-corrected chi connectivity index (χ1v) is 7.42. The second-order valence-electron chi connectivity index (χ2n) is 5.45. The van der Waals surface area contributed by atoms with Crippen molar-refractivity contribution < 1.29 is 4.79 Å². The molecule has 0 aromatic carbocycles. The molecule has 1 aliphatic rings. The van der Waals surface area contributed by atoms with E-state index < -0.39 is 5.41 Å². The number of nitrogens with two attached hydrogens (primary N) is 1. The SMILES string of the molecule is CN(CCc1ccccn1)C(=O)C1(C(N)=S)CCCC1. The summed E-state index contributed by atoms with van der Waals surface area (Å²) in [5, 5.41) is 0. The minimum absolute atomic E-state index is 0.0680. The van der Waals surface area contributed by atoms with Gasteiger partial charge < -0.3 is 10.6 Å². The molecule has 1 amide bonds. The van der Waals surface area contributed by atoms with Gasteiger partial charge in [0.05, 0.1) is 10.4 Å². The van der Waals surface area contributed by atoms with Gasteiger partial charge in [0, 0.05) is 31.9 Å². The van der Waals surface area contributed by atoms with Gasteiger partial charge >= 0.3 is 0 Å². The second kappa shape index (κ2) is 6.31. The van der Waals surface area contributed by atoms with Crippen molar-refractivity contribution in [3.63, 3.8) is 0 Å². The van der Waals surface area contributed by atoms with Crippen LogP contribution in [-0.2, 0) is 11.2 Å². The van der Waals surface area contributed by atoms with E-state index in [0.29, 0.717) is 11.5 Å². The molecular weight excluding hydrogens is 270 g/mol. The van der Waals surface area contributed by atoms with Crippen molar-refractivity contribution in [2.24, 2.45) is 11.1 Å². The monoisotopic (exact) mass is 291 g/mol. The van der Waals surface area contributed by atoms with E-state index in [1.165, 1.54) is 0 Å². The Balaban J connectivity index is 1.99. The molecule has 1 saturated carbocycles. The maximum atomic E-state index is 12.7. The maximum Gasteiger partial charge on any atom is 0.235 e. The zero-order valence-corrected chi connectivity index (χ0v) is 12.7. The molecule has 1 heterocycles. The fourth-order valence-corrected chi connectivity index (χ4v) is 3.13. The van der Waals surface area contributed by atoms with E-state index >= 15 is 0 Å². The average molecular weight is 291 g/mol. The Morgan fingerprint density at radius 1 is 1.45 bits per heavy atom. The van der Waals surface area contributed by atoms with Crippen LogP contribution in [0.15, 0.2) is 24.4 Å². The topological polar surface area (TPSA) is 59.2 Å². The lowest BCUT2D eigenvalue weighted by molar-refractivity contribution is -0.136. The number of hydrogen-bond acceptors (Lipinski definition) is 3. The molecule has 2 N–H and O–H groups in total. The van der Waals surface area contributed by atoms with Gasteiger partial charge in [0.1, 0.15) is 0 Å². The van der Waals surface area contributed by atoms with Crippen LogP contribution < -0.4 is 5.73 Å². The van der Waals surface area contributed by atoms with Crippen LogP contribution in [0.3, 0.4) is 0 Å². The van der Waals surface area contributed by atoms with Crippen LogP contribution >= 0.6 is 12.2 Å². The van der Waals surface area contributed by atoms with Crippen molar-refractivity contribution in [2.75, 3.05) is 13.6 Å². The number of amides is 1. The first-order valence-electron chi connectivity index (χ1n) is 7.02. The lowest BCUT2D eigenvalue weighted by Crippen LogP contribution is -2.48. The third-order valence-electron chi connectivity index (χ3n) is 4.11. The summed E-state index contributed by atoms with van der Waals surface area (Å²) in [5.41, 5.74) is 6.24. The predicted molar refractivity (Wildman–Crippen MR) is 83.3 cm³/mol. The van der Waals surface area contributed by atoms with Gasteiger partial charge in [-0.05, 0) is 25.0 Å². The lowest BCUT2D eigenvalue weighted by atomic mass is 9.84. The summed E-state index contributed by atoms with van der Waals surface area (Å²) in [5.74, 6) is 0.0680. The highest BCUT2D eigenvalue weighted by atomic mass is 32.1. The van der Waals surface area contributed by atoms with Crippen molar-refractivity contribution in [1.82, 2.24) is 9.88 Å². The molecule has 1 aromatic heterocycles. The lowest BCUT2D eigenvalue weighted by Gasteiger charge is -2.31. The van der Waals surface area contributed by atoms with E-state index in [0.717, 1.165) is 37.8 Å². The summed E-state index contributed by atoms with van der Waals surface area (Å²) in [4.78, 5) is 19.0. The van der Waals surface area contributed by atoms with Gasteiger partial charge in [-0.2, -0.15) is 0 Å². The number of pyridine rings is 1. The Hall–Kier alpha value is -1.49. The third kappa shape index (κ3) is 2.98.